The third-order valence-corrected chi connectivity index (χ3v) is 11.3. The summed E-state index contributed by atoms with van der Waals surface area (Å²) in [6.07, 6.45) is 3.17. The maximum absolute atomic E-state index is 17.1. The molecular formula is C22H31FO11P2. The number of fused-ring (bicyclic) bond motifs is 5. The van der Waals surface area contributed by atoms with Crippen molar-refractivity contribution in [3.63, 3.8) is 0 Å². The minimum Gasteiger partial charge on any atom is -0.390 e. The lowest BCUT2D eigenvalue weighted by Crippen LogP contribution is -2.69. The molecule has 0 aromatic rings. The number of alkyl halides is 1. The number of ketones is 2. The van der Waals surface area contributed by atoms with E-state index in [1.54, 1.807) is 20.8 Å². The fraction of sp³-hybridized carbons (Fsp3) is 0.727. The molecule has 4 aliphatic rings. The molecule has 0 radical (unpaired) electrons. The summed E-state index contributed by atoms with van der Waals surface area (Å²) in [4.78, 5) is 52.2. The Balaban J connectivity index is 1.66. The molecule has 0 bridgehead atoms. The Bertz CT molecular complexity index is 1150. The molecule has 14 heteroatoms. The van der Waals surface area contributed by atoms with Crippen LogP contribution in [0.25, 0.3) is 0 Å². The summed E-state index contributed by atoms with van der Waals surface area (Å²) < 4.78 is 48.0. The van der Waals surface area contributed by atoms with E-state index in [0.29, 0.717) is 12.0 Å². The van der Waals surface area contributed by atoms with Crippen molar-refractivity contribution in [2.45, 2.75) is 63.8 Å². The number of allylic oxidation sites excluding steroid dienone is 4. The molecule has 2 unspecified atom stereocenters. The quantitative estimate of drug-likeness (QED) is 0.304. The molecule has 4 rings (SSSR count). The Hall–Kier alpha value is -1.07. The van der Waals surface area contributed by atoms with Gasteiger partial charge in [-0.1, -0.05) is 25.5 Å². The molecule has 0 heterocycles. The highest BCUT2D eigenvalue weighted by Crippen LogP contribution is 2.71. The first-order valence-corrected chi connectivity index (χ1v) is 14.7. The number of halogens is 1. The lowest BCUT2D eigenvalue weighted by Gasteiger charge is -2.62. The summed E-state index contributed by atoms with van der Waals surface area (Å²) >= 11 is 0. The first-order valence-electron chi connectivity index (χ1n) is 11.6. The molecule has 5 N–H and O–H groups in total. The number of aliphatic hydroxyl groups is 2. The highest BCUT2D eigenvalue weighted by molar-refractivity contribution is 7.60. The van der Waals surface area contributed by atoms with Gasteiger partial charge in [-0.3, -0.25) is 14.1 Å². The van der Waals surface area contributed by atoms with Gasteiger partial charge >= 0.3 is 15.6 Å². The molecule has 11 nitrogen and oxygen atoms in total. The maximum Gasteiger partial charge on any atom is 0.481 e. The summed E-state index contributed by atoms with van der Waals surface area (Å²) in [5, 5.41) is 23.0. The smallest absolute Gasteiger partial charge is 0.390 e. The van der Waals surface area contributed by atoms with Gasteiger partial charge in [-0.25, -0.2) is 13.5 Å². The van der Waals surface area contributed by atoms with Crippen LogP contribution in [-0.2, 0) is 27.6 Å². The molecule has 0 amide bonds. The molecule has 0 spiro atoms. The van der Waals surface area contributed by atoms with E-state index in [2.05, 4.69) is 8.83 Å². The van der Waals surface area contributed by atoms with Gasteiger partial charge < -0.3 is 24.9 Å². The largest absolute Gasteiger partial charge is 0.481 e. The van der Waals surface area contributed by atoms with Gasteiger partial charge in [0.05, 0.1) is 6.10 Å². The summed E-state index contributed by atoms with van der Waals surface area (Å²) in [5.41, 5.74) is -6.36. The topological polar surface area (TPSA) is 188 Å². The highest BCUT2D eigenvalue weighted by atomic mass is 31.3. The van der Waals surface area contributed by atoms with Gasteiger partial charge in [-0.2, -0.15) is 4.31 Å². The number of Topliss-reactive ketones (excluding diaryl/α,β-unsaturated/α-hetero) is 1. The van der Waals surface area contributed by atoms with Crippen molar-refractivity contribution in [2.24, 2.45) is 28.6 Å². The maximum atomic E-state index is 17.1. The van der Waals surface area contributed by atoms with Crippen molar-refractivity contribution in [3.8, 4) is 0 Å². The second-order valence-corrected chi connectivity index (χ2v) is 13.7. The second kappa shape index (κ2) is 8.46. The fourth-order valence-electron chi connectivity index (χ4n) is 7.55. The molecule has 0 aromatic carbocycles. The number of phosphoric acid groups is 2. The average molecular weight is 552 g/mol. The molecular weight excluding hydrogens is 521 g/mol. The van der Waals surface area contributed by atoms with Crippen molar-refractivity contribution < 1.29 is 56.8 Å². The zero-order chi connectivity index (χ0) is 27.1. The number of rotatable bonds is 6. The molecule has 0 aliphatic heterocycles. The van der Waals surface area contributed by atoms with Crippen LogP contribution in [0, 0.1) is 28.6 Å². The normalized spacial score (nSPS) is 45.8. The lowest BCUT2D eigenvalue weighted by atomic mass is 9.44. The van der Waals surface area contributed by atoms with Crippen molar-refractivity contribution in [1.82, 2.24) is 0 Å². The lowest BCUT2D eigenvalue weighted by molar-refractivity contribution is -0.219. The van der Waals surface area contributed by atoms with E-state index in [-0.39, 0.29) is 25.0 Å². The van der Waals surface area contributed by atoms with Crippen LogP contribution in [0.1, 0.15) is 46.5 Å². The zero-order valence-corrected chi connectivity index (χ0v) is 21.8. The Morgan fingerprint density at radius 3 is 2.47 bits per heavy atom. The average Bonchev–Trinajstić information content (AvgIpc) is 2.93. The number of phosphoric ester groups is 1. The van der Waals surface area contributed by atoms with Crippen molar-refractivity contribution in [3.05, 3.63) is 23.8 Å². The van der Waals surface area contributed by atoms with Crippen LogP contribution in [0.2, 0.25) is 0 Å². The van der Waals surface area contributed by atoms with Crippen LogP contribution < -0.4 is 0 Å². The first kappa shape index (κ1) is 28.0. The third-order valence-electron chi connectivity index (χ3n) is 9.22. The van der Waals surface area contributed by atoms with E-state index >= 15 is 4.39 Å². The molecule has 4 aliphatic carbocycles. The summed E-state index contributed by atoms with van der Waals surface area (Å²) in [7, 11) is -10.8. The van der Waals surface area contributed by atoms with Gasteiger partial charge in [0.1, 0.15) is 12.2 Å². The second-order valence-electron chi connectivity index (χ2n) is 10.9. The Morgan fingerprint density at radius 2 is 1.86 bits per heavy atom. The SMILES string of the molecule is CC1C[C@H]2[C@@H]3CCC4=CC(=O)C=C[C@]4(C)[C@@]3(F)[C@@H](O)C[C@]2(C)[C@@]1(O)C(=O)COP(=O)(O)OP(=O)(O)O. The van der Waals surface area contributed by atoms with E-state index in [9.17, 15) is 33.8 Å². The molecule has 3 fully saturated rings. The van der Waals surface area contributed by atoms with Crippen LogP contribution in [-0.4, -0.2) is 60.4 Å². The van der Waals surface area contributed by atoms with Gasteiger partial charge in [-0.05, 0) is 56.6 Å². The number of hydrogen-bond acceptors (Lipinski definition) is 8. The van der Waals surface area contributed by atoms with E-state index < -0.39 is 74.0 Å². The Kier molecular flexibility index (Phi) is 6.57. The minimum absolute atomic E-state index is 0.218. The molecule has 0 aromatic heterocycles. The first-order chi connectivity index (χ1) is 16.3. The predicted molar refractivity (Wildman–Crippen MR) is 122 cm³/mol. The highest BCUT2D eigenvalue weighted by Gasteiger charge is 2.75. The number of carbonyl (C=O) groups excluding carboxylic acids is 2. The van der Waals surface area contributed by atoms with Crippen LogP contribution >= 0.6 is 15.6 Å². The predicted octanol–water partition coefficient (Wildman–Crippen LogP) is 2.13. The molecule has 36 heavy (non-hydrogen) atoms. The monoisotopic (exact) mass is 552 g/mol. The minimum atomic E-state index is -5.41. The van der Waals surface area contributed by atoms with Crippen molar-refractivity contribution >= 4 is 27.2 Å². The molecule has 0 saturated heterocycles. The Labute approximate surface area is 207 Å². The van der Waals surface area contributed by atoms with Crippen LogP contribution in [0.5, 0.6) is 0 Å². The van der Waals surface area contributed by atoms with E-state index in [0.717, 1.165) is 0 Å². The van der Waals surface area contributed by atoms with Gasteiger partial charge in [0.25, 0.3) is 0 Å². The number of carbonyl (C=O) groups is 2. The molecule has 3 saturated carbocycles. The summed E-state index contributed by atoms with van der Waals surface area (Å²) in [6.45, 7) is 3.59. The molecule has 202 valence electrons. The van der Waals surface area contributed by atoms with Gasteiger partial charge in [0, 0.05) is 16.7 Å². The summed E-state index contributed by atoms with van der Waals surface area (Å²) in [5.74, 6) is -3.39. The molecule has 9 atom stereocenters. The number of aliphatic hydroxyl groups excluding tert-OH is 1. The van der Waals surface area contributed by atoms with Crippen LogP contribution in [0.4, 0.5) is 4.39 Å². The van der Waals surface area contributed by atoms with Crippen molar-refractivity contribution in [1.29, 1.82) is 0 Å². The standard InChI is InChI=1S/C22H31FO11P2/c1-12-8-16-15-5-4-13-9-14(24)6-7-19(13,2)21(15,23)17(25)10-20(16,3)22(12,27)18(26)11-33-36(31,32)34-35(28,29)30/h6-7,9,12,15-17,25,27H,4-5,8,10-11H2,1-3H3,(H,31,32)(H2,28,29,30)/t12?,15-,16-,17-,19-,20-,21-,22-/m0/s1. The van der Waals surface area contributed by atoms with Crippen molar-refractivity contribution in [2.75, 3.05) is 6.61 Å². The van der Waals surface area contributed by atoms with Gasteiger partial charge in [0.15, 0.2) is 17.2 Å². The van der Waals surface area contributed by atoms with Crippen LogP contribution in [0.3, 0.4) is 0 Å². The van der Waals surface area contributed by atoms with Gasteiger partial charge in [0.2, 0.25) is 0 Å². The van der Waals surface area contributed by atoms with E-state index in [4.69, 9.17) is 9.79 Å². The Morgan fingerprint density at radius 1 is 1.22 bits per heavy atom. The summed E-state index contributed by atoms with van der Waals surface area (Å²) in [6, 6.07) is 0. The third kappa shape index (κ3) is 3.89. The van der Waals surface area contributed by atoms with E-state index in [1.165, 1.54) is 18.2 Å². The van der Waals surface area contributed by atoms with Crippen LogP contribution in [0.15, 0.2) is 23.8 Å². The fourth-order valence-corrected chi connectivity index (χ4v) is 9.09. The number of hydrogen-bond donors (Lipinski definition) is 5. The zero-order valence-electron chi connectivity index (χ0n) is 20.0. The van der Waals surface area contributed by atoms with E-state index in [1.807, 2.05) is 0 Å². The van der Waals surface area contributed by atoms with Gasteiger partial charge in [-0.15, -0.1) is 0 Å².